The SMILES string of the molecule is CC(C)(C)C(=O)NC1=C=CC=C1. The standard InChI is InChI=1S/C10H13NO/c1-10(2,3)9(12)11-8-6-4-5-7-8/h4-6H,1-3H3,(H,11,12). The van der Waals surface area contributed by atoms with Crippen LogP contribution in [0.5, 0.6) is 0 Å². The zero-order valence-electron chi connectivity index (χ0n) is 7.64. The monoisotopic (exact) mass is 163 g/mol. The number of amides is 1. The van der Waals surface area contributed by atoms with Crippen molar-refractivity contribution in [1.29, 1.82) is 0 Å². The molecule has 0 unspecified atom stereocenters. The zero-order chi connectivity index (χ0) is 9.19. The lowest BCUT2D eigenvalue weighted by Gasteiger charge is -2.16. The van der Waals surface area contributed by atoms with Gasteiger partial charge in [-0.2, -0.15) is 0 Å². The highest BCUT2D eigenvalue weighted by Crippen LogP contribution is 2.13. The molecule has 2 heteroatoms. The number of hydrogen-bond donors (Lipinski definition) is 1. The van der Waals surface area contributed by atoms with Gasteiger partial charge < -0.3 is 5.32 Å². The average molecular weight is 163 g/mol. The highest BCUT2D eigenvalue weighted by Gasteiger charge is 2.21. The van der Waals surface area contributed by atoms with Gasteiger partial charge in [-0.05, 0) is 12.2 Å². The molecule has 1 aliphatic carbocycles. The predicted molar refractivity (Wildman–Crippen MR) is 48.3 cm³/mol. The highest BCUT2D eigenvalue weighted by molar-refractivity contribution is 5.83. The van der Waals surface area contributed by atoms with Crippen molar-refractivity contribution in [2.45, 2.75) is 20.8 Å². The Balaban J connectivity index is 2.59. The molecule has 0 radical (unpaired) electrons. The van der Waals surface area contributed by atoms with E-state index in [-0.39, 0.29) is 11.3 Å². The van der Waals surface area contributed by atoms with Crippen molar-refractivity contribution in [3.8, 4) is 0 Å². The van der Waals surface area contributed by atoms with Crippen molar-refractivity contribution < 1.29 is 4.79 Å². The summed E-state index contributed by atoms with van der Waals surface area (Å²) < 4.78 is 0. The minimum Gasteiger partial charge on any atom is -0.319 e. The molecule has 0 aromatic heterocycles. The minimum absolute atomic E-state index is 0.0185. The Hall–Kier alpha value is -1.27. The molecule has 1 rings (SSSR count). The molecule has 0 fully saturated rings. The van der Waals surface area contributed by atoms with Crippen molar-refractivity contribution in [1.82, 2.24) is 5.32 Å². The van der Waals surface area contributed by atoms with Crippen LogP contribution < -0.4 is 5.32 Å². The smallest absolute Gasteiger partial charge is 0.230 e. The molecular weight excluding hydrogens is 150 g/mol. The summed E-state index contributed by atoms with van der Waals surface area (Å²) >= 11 is 0. The van der Waals surface area contributed by atoms with E-state index in [4.69, 9.17) is 0 Å². The fraction of sp³-hybridized carbons (Fsp3) is 0.400. The first-order chi connectivity index (χ1) is 5.50. The first kappa shape index (κ1) is 8.82. The molecule has 0 aliphatic heterocycles. The number of nitrogens with one attached hydrogen (secondary N) is 1. The average Bonchev–Trinajstić information content (AvgIpc) is 2.37. The molecule has 0 atom stereocenters. The summed E-state index contributed by atoms with van der Waals surface area (Å²) in [4.78, 5) is 11.4. The lowest BCUT2D eigenvalue weighted by Crippen LogP contribution is -2.33. The maximum absolute atomic E-state index is 11.4. The summed E-state index contributed by atoms with van der Waals surface area (Å²) in [6.07, 6.45) is 5.44. The molecule has 64 valence electrons. The Morgan fingerprint density at radius 3 is 2.58 bits per heavy atom. The Kier molecular flexibility index (Phi) is 2.20. The van der Waals surface area contributed by atoms with E-state index in [0.717, 1.165) is 5.70 Å². The quantitative estimate of drug-likeness (QED) is 0.586. The lowest BCUT2D eigenvalue weighted by molar-refractivity contribution is -0.127. The molecular formula is C10H13NO. The second-order valence-corrected chi connectivity index (χ2v) is 3.79. The van der Waals surface area contributed by atoms with Gasteiger partial charge >= 0.3 is 0 Å². The third-order valence-corrected chi connectivity index (χ3v) is 1.53. The normalized spacial score (nSPS) is 14.8. The molecule has 0 saturated carbocycles. The second-order valence-electron chi connectivity index (χ2n) is 3.79. The molecule has 0 bridgehead atoms. The first-order valence-corrected chi connectivity index (χ1v) is 3.95. The largest absolute Gasteiger partial charge is 0.319 e. The maximum Gasteiger partial charge on any atom is 0.230 e. The molecule has 1 amide bonds. The molecule has 0 saturated heterocycles. The van der Waals surface area contributed by atoms with Gasteiger partial charge in [-0.25, -0.2) is 0 Å². The van der Waals surface area contributed by atoms with Gasteiger partial charge in [0, 0.05) is 5.41 Å². The molecule has 0 aromatic carbocycles. The highest BCUT2D eigenvalue weighted by atomic mass is 16.2. The third-order valence-electron chi connectivity index (χ3n) is 1.53. The molecule has 2 nitrogen and oxygen atoms in total. The van der Waals surface area contributed by atoms with Crippen LogP contribution in [0.2, 0.25) is 0 Å². The summed E-state index contributed by atoms with van der Waals surface area (Å²) in [5.74, 6) is 0.0185. The predicted octanol–water partition coefficient (Wildman–Crippen LogP) is 1.76. The third kappa shape index (κ3) is 2.11. The van der Waals surface area contributed by atoms with Crippen molar-refractivity contribution >= 4 is 5.91 Å². The van der Waals surface area contributed by atoms with Crippen LogP contribution in [-0.2, 0) is 4.79 Å². The number of carbonyl (C=O) groups is 1. The summed E-state index contributed by atoms with van der Waals surface area (Å²) in [5.41, 5.74) is 3.31. The van der Waals surface area contributed by atoms with E-state index in [1.54, 1.807) is 6.08 Å². The van der Waals surface area contributed by atoms with E-state index in [2.05, 4.69) is 11.0 Å². The van der Waals surface area contributed by atoms with Crippen molar-refractivity contribution in [2.75, 3.05) is 0 Å². The number of hydrogen-bond acceptors (Lipinski definition) is 1. The van der Waals surface area contributed by atoms with Gasteiger partial charge in [-0.1, -0.05) is 32.6 Å². The summed E-state index contributed by atoms with van der Waals surface area (Å²) in [6.45, 7) is 5.64. The van der Waals surface area contributed by atoms with Crippen LogP contribution >= 0.6 is 0 Å². The van der Waals surface area contributed by atoms with E-state index in [1.807, 2.05) is 32.9 Å². The Morgan fingerprint density at radius 2 is 2.17 bits per heavy atom. The molecule has 0 heterocycles. The zero-order valence-corrected chi connectivity index (χ0v) is 7.64. The fourth-order valence-electron chi connectivity index (χ4n) is 0.718. The van der Waals surface area contributed by atoms with Crippen LogP contribution in [0.4, 0.5) is 0 Å². The summed E-state index contributed by atoms with van der Waals surface area (Å²) in [5, 5.41) is 2.77. The number of rotatable bonds is 1. The molecule has 1 aliphatic rings. The minimum atomic E-state index is -0.342. The van der Waals surface area contributed by atoms with Gasteiger partial charge in [0.25, 0.3) is 0 Å². The Labute approximate surface area is 72.7 Å². The Morgan fingerprint density at radius 1 is 1.50 bits per heavy atom. The van der Waals surface area contributed by atoms with E-state index >= 15 is 0 Å². The second kappa shape index (κ2) is 3.00. The molecule has 0 aromatic rings. The van der Waals surface area contributed by atoms with Crippen LogP contribution in [0.15, 0.2) is 29.7 Å². The van der Waals surface area contributed by atoms with E-state index in [9.17, 15) is 4.79 Å². The topological polar surface area (TPSA) is 29.1 Å². The van der Waals surface area contributed by atoms with Crippen molar-refractivity contribution in [2.24, 2.45) is 5.41 Å². The van der Waals surface area contributed by atoms with Gasteiger partial charge in [0.05, 0.1) is 5.70 Å². The lowest BCUT2D eigenvalue weighted by atomic mass is 9.95. The van der Waals surface area contributed by atoms with Crippen LogP contribution in [-0.4, -0.2) is 5.91 Å². The van der Waals surface area contributed by atoms with Crippen molar-refractivity contribution in [3.05, 3.63) is 29.7 Å². The van der Waals surface area contributed by atoms with Crippen LogP contribution in [0, 0.1) is 5.41 Å². The summed E-state index contributed by atoms with van der Waals surface area (Å²) in [7, 11) is 0. The fourth-order valence-corrected chi connectivity index (χ4v) is 0.718. The molecule has 0 spiro atoms. The van der Waals surface area contributed by atoms with Crippen molar-refractivity contribution in [3.63, 3.8) is 0 Å². The van der Waals surface area contributed by atoms with E-state index in [1.165, 1.54) is 0 Å². The van der Waals surface area contributed by atoms with Gasteiger partial charge in [0.1, 0.15) is 0 Å². The van der Waals surface area contributed by atoms with E-state index in [0.29, 0.717) is 0 Å². The van der Waals surface area contributed by atoms with Crippen LogP contribution in [0.1, 0.15) is 20.8 Å². The van der Waals surface area contributed by atoms with Crippen LogP contribution in [0.25, 0.3) is 0 Å². The van der Waals surface area contributed by atoms with Gasteiger partial charge in [-0.15, -0.1) is 0 Å². The molecule has 1 N–H and O–H groups in total. The summed E-state index contributed by atoms with van der Waals surface area (Å²) in [6, 6.07) is 0. The first-order valence-electron chi connectivity index (χ1n) is 3.95. The van der Waals surface area contributed by atoms with E-state index < -0.39 is 0 Å². The van der Waals surface area contributed by atoms with Gasteiger partial charge in [0.2, 0.25) is 5.91 Å². The number of allylic oxidation sites excluding steroid dienone is 2. The maximum atomic E-state index is 11.4. The van der Waals surface area contributed by atoms with Gasteiger partial charge in [-0.3, -0.25) is 4.79 Å². The number of carbonyl (C=O) groups excluding carboxylic acids is 1. The molecule has 12 heavy (non-hydrogen) atoms. The van der Waals surface area contributed by atoms with Crippen LogP contribution in [0.3, 0.4) is 0 Å². The Bertz CT molecular complexity index is 285. The van der Waals surface area contributed by atoms with Gasteiger partial charge in [0.15, 0.2) is 0 Å².